The van der Waals surface area contributed by atoms with Crippen molar-refractivity contribution >= 4 is 5.91 Å². The molecule has 0 bridgehead atoms. The number of hydrogen-bond acceptors (Lipinski definition) is 2. The molecule has 3 nitrogen and oxygen atoms in total. The van der Waals surface area contributed by atoms with Crippen LogP contribution >= 0.6 is 0 Å². The molecule has 0 N–H and O–H groups in total. The van der Waals surface area contributed by atoms with Crippen LogP contribution in [0.3, 0.4) is 0 Å². The highest BCUT2D eigenvalue weighted by atomic mass is 16.2. The Bertz CT molecular complexity index is 453. The van der Waals surface area contributed by atoms with Gasteiger partial charge >= 0.3 is 0 Å². The number of amides is 1. The van der Waals surface area contributed by atoms with Gasteiger partial charge in [0.15, 0.2) is 0 Å². The van der Waals surface area contributed by atoms with Gasteiger partial charge in [0, 0.05) is 19.6 Å². The maximum Gasteiger partial charge on any atom is 0.240 e. The van der Waals surface area contributed by atoms with Gasteiger partial charge in [-0.15, -0.1) is 0 Å². The predicted octanol–water partition coefficient (Wildman–Crippen LogP) is 2.52. The lowest BCUT2D eigenvalue weighted by atomic mass is 10.0. The zero-order chi connectivity index (χ0) is 13.9. The lowest BCUT2D eigenvalue weighted by Gasteiger charge is -2.29. The van der Waals surface area contributed by atoms with E-state index in [0.717, 1.165) is 32.6 Å². The number of benzene rings is 1. The highest BCUT2D eigenvalue weighted by Gasteiger charge is 2.39. The van der Waals surface area contributed by atoms with Crippen LogP contribution in [0.25, 0.3) is 0 Å². The molecule has 0 unspecified atom stereocenters. The standard InChI is InChI=1S/C17H24N2O/c1-14-9-12-19(13-15-7-3-2-4-8-15)16(14)17(20)18-10-5-6-11-18/h2-4,7-8,14,16H,5-6,9-13H2,1H3/t14-,16+/m1/s1. The number of carbonyl (C=O) groups excluding carboxylic acids is 1. The predicted molar refractivity (Wildman–Crippen MR) is 80.2 cm³/mol. The average Bonchev–Trinajstić information content (AvgIpc) is 3.10. The van der Waals surface area contributed by atoms with Crippen LogP contribution in [-0.2, 0) is 11.3 Å². The summed E-state index contributed by atoms with van der Waals surface area (Å²) in [6, 6.07) is 10.6. The summed E-state index contributed by atoms with van der Waals surface area (Å²) in [6.07, 6.45) is 3.48. The van der Waals surface area contributed by atoms with E-state index in [2.05, 4.69) is 41.0 Å². The zero-order valence-electron chi connectivity index (χ0n) is 12.3. The molecule has 0 saturated carbocycles. The third-order valence-electron chi connectivity index (χ3n) is 4.70. The first-order valence-electron chi connectivity index (χ1n) is 7.82. The summed E-state index contributed by atoms with van der Waals surface area (Å²) in [5, 5.41) is 0. The van der Waals surface area contributed by atoms with Gasteiger partial charge in [-0.25, -0.2) is 0 Å². The minimum atomic E-state index is 0.0910. The molecule has 0 radical (unpaired) electrons. The van der Waals surface area contributed by atoms with Crippen molar-refractivity contribution in [3.63, 3.8) is 0 Å². The third-order valence-corrected chi connectivity index (χ3v) is 4.70. The Balaban J connectivity index is 1.71. The minimum Gasteiger partial charge on any atom is -0.341 e. The Morgan fingerprint density at radius 1 is 1.15 bits per heavy atom. The van der Waals surface area contributed by atoms with Crippen molar-refractivity contribution < 1.29 is 4.79 Å². The number of hydrogen-bond donors (Lipinski definition) is 0. The topological polar surface area (TPSA) is 23.6 Å². The maximum atomic E-state index is 12.7. The number of carbonyl (C=O) groups is 1. The van der Waals surface area contributed by atoms with Crippen LogP contribution in [0.4, 0.5) is 0 Å². The van der Waals surface area contributed by atoms with E-state index in [4.69, 9.17) is 0 Å². The lowest BCUT2D eigenvalue weighted by molar-refractivity contribution is -0.136. The molecule has 3 rings (SSSR count). The summed E-state index contributed by atoms with van der Waals surface area (Å²) in [5.41, 5.74) is 1.31. The monoisotopic (exact) mass is 272 g/mol. The molecule has 0 aliphatic carbocycles. The lowest BCUT2D eigenvalue weighted by Crippen LogP contribution is -2.46. The molecule has 108 valence electrons. The van der Waals surface area contributed by atoms with E-state index in [9.17, 15) is 4.79 Å². The van der Waals surface area contributed by atoms with Gasteiger partial charge in [-0.05, 0) is 37.3 Å². The average molecular weight is 272 g/mol. The molecule has 2 fully saturated rings. The SMILES string of the molecule is C[C@@H]1CCN(Cc2ccccc2)[C@@H]1C(=O)N1CCCC1. The Hall–Kier alpha value is -1.35. The Morgan fingerprint density at radius 2 is 1.85 bits per heavy atom. The van der Waals surface area contributed by atoms with Crippen LogP contribution in [-0.4, -0.2) is 41.4 Å². The second kappa shape index (κ2) is 5.96. The van der Waals surface area contributed by atoms with Crippen molar-refractivity contribution in [3.8, 4) is 0 Å². The normalized spacial score (nSPS) is 27.1. The van der Waals surface area contributed by atoms with E-state index in [0.29, 0.717) is 11.8 Å². The van der Waals surface area contributed by atoms with E-state index in [1.807, 2.05) is 6.07 Å². The van der Waals surface area contributed by atoms with Crippen LogP contribution in [0.2, 0.25) is 0 Å². The smallest absolute Gasteiger partial charge is 0.240 e. The van der Waals surface area contributed by atoms with Crippen LogP contribution in [0.1, 0.15) is 31.7 Å². The van der Waals surface area contributed by atoms with E-state index >= 15 is 0 Å². The number of nitrogens with zero attached hydrogens (tertiary/aromatic N) is 2. The largest absolute Gasteiger partial charge is 0.341 e. The summed E-state index contributed by atoms with van der Waals surface area (Å²) in [7, 11) is 0. The molecule has 2 saturated heterocycles. The molecule has 2 atom stereocenters. The van der Waals surface area contributed by atoms with Gasteiger partial charge in [-0.3, -0.25) is 9.69 Å². The first kappa shape index (κ1) is 13.6. The minimum absolute atomic E-state index is 0.0910. The molecule has 1 amide bonds. The van der Waals surface area contributed by atoms with Crippen LogP contribution in [0.15, 0.2) is 30.3 Å². The fraction of sp³-hybridized carbons (Fsp3) is 0.588. The molecule has 3 heteroatoms. The molecule has 20 heavy (non-hydrogen) atoms. The number of likely N-dealkylation sites (tertiary alicyclic amines) is 2. The van der Waals surface area contributed by atoms with Gasteiger partial charge in [0.2, 0.25) is 5.91 Å². The Morgan fingerprint density at radius 3 is 2.55 bits per heavy atom. The van der Waals surface area contributed by atoms with E-state index in [1.165, 1.54) is 18.4 Å². The second-order valence-electron chi connectivity index (χ2n) is 6.20. The fourth-order valence-corrected chi connectivity index (χ4v) is 3.55. The van der Waals surface area contributed by atoms with Crippen LogP contribution in [0.5, 0.6) is 0 Å². The van der Waals surface area contributed by atoms with Crippen molar-refractivity contribution in [2.75, 3.05) is 19.6 Å². The van der Waals surface area contributed by atoms with Gasteiger partial charge in [0.05, 0.1) is 6.04 Å². The van der Waals surface area contributed by atoms with Crippen molar-refractivity contribution in [1.82, 2.24) is 9.80 Å². The van der Waals surface area contributed by atoms with Crippen molar-refractivity contribution in [3.05, 3.63) is 35.9 Å². The van der Waals surface area contributed by atoms with Crippen LogP contribution in [0, 0.1) is 5.92 Å². The summed E-state index contributed by atoms with van der Waals surface area (Å²) < 4.78 is 0. The zero-order valence-corrected chi connectivity index (χ0v) is 12.3. The molecule has 0 aromatic heterocycles. The summed E-state index contributed by atoms with van der Waals surface area (Å²) >= 11 is 0. The first-order chi connectivity index (χ1) is 9.75. The second-order valence-corrected chi connectivity index (χ2v) is 6.20. The molecular formula is C17H24N2O. The van der Waals surface area contributed by atoms with Gasteiger partial charge < -0.3 is 4.90 Å². The highest BCUT2D eigenvalue weighted by molar-refractivity contribution is 5.82. The quantitative estimate of drug-likeness (QED) is 0.844. The van der Waals surface area contributed by atoms with Crippen LogP contribution < -0.4 is 0 Å². The molecule has 2 aliphatic heterocycles. The van der Waals surface area contributed by atoms with E-state index in [-0.39, 0.29) is 6.04 Å². The van der Waals surface area contributed by atoms with E-state index < -0.39 is 0 Å². The molecule has 1 aromatic rings. The van der Waals surface area contributed by atoms with Crippen molar-refractivity contribution in [1.29, 1.82) is 0 Å². The van der Waals surface area contributed by atoms with Crippen molar-refractivity contribution in [2.45, 2.75) is 38.8 Å². The van der Waals surface area contributed by atoms with Gasteiger partial charge in [-0.2, -0.15) is 0 Å². The van der Waals surface area contributed by atoms with Crippen molar-refractivity contribution in [2.24, 2.45) is 5.92 Å². The molecular weight excluding hydrogens is 248 g/mol. The third kappa shape index (κ3) is 2.73. The molecule has 2 aliphatic rings. The summed E-state index contributed by atoms with van der Waals surface area (Å²) in [6.45, 7) is 6.09. The molecule has 2 heterocycles. The highest BCUT2D eigenvalue weighted by Crippen LogP contribution is 2.28. The first-order valence-corrected chi connectivity index (χ1v) is 7.82. The summed E-state index contributed by atoms with van der Waals surface area (Å²) in [4.78, 5) is 17.2. The Labute approximate surface area is 121 Å². The molecule has 1 aromatic carbocycles. The van der Waals surface area contributed by atoms with Gasteiger partial charge in [0.25, 0.3) is 0 Å². The fourth-order valence-electron chi connectivity index (χ4n) is 3.55. The maximum absolute atomic E-state index is 12.7. The molecule has 0 spiro atoms. The number of rotatable bonds is 3. The van der Waals surface area contributed by atoms with Gasteiger partial charge in [0.1, 0.15) is 0 Å². The Kier molecular flexibility index (Phi) is 4.06. The van der Waals surface area contributed by atoms with Gasteiger partial charge in [-0.1, -0.05) is 37.3 Å². The van der Waals surface area contributed by atoms with E-state index in [1.54, 1.807) is 0 Å². The summed E-state index contributed by atoms with van der Waals surface area (Å²) in [5.74, 6) is 0.843.